The molecule has 0 saturated carbocycles. The molecule has 1 N–H and O–H groups in total. The van der Waals surface area contributed by atoms with E-state index in [9.17, 15) is 4.79 Å². The molecule has 84 valence electrons. The minimum absolute atomic E-state index is 0.234. The van der Waals surface area contributed by atoms with Gasteiger partial charge in [-0.05, 0) is 11.6 Å². The minimum Gasteiger partial charge on any atom is -0.349 e. The molecule has 0 spiro atoms. The second-order valence-corrected chi connectivity index (χ2v) is 4.27. The van der Waals surface area contributed by atoms with E-state index in [1.807, 2.05) is 0 Å². The van der Waals surface area contributed by atoms with Gasteiger partial charge in [0, 0.05) is 13.0 Å². The summed E-state index contributed by atoms with van der Waals surface area (Å²) < 4.78 is 4.79. The molecule has 2 rings (SSSR count). The first kappa shape index (κ1) is 11.0. The van der Waals surface area contributed by atoms with Gasteiger partial charge in [-0.1, -0.05) is 16.5 Å². The van der Waals surface area contributed by atoms with Gasteiger partial charge in [0.25, 0.3) is 5.91 Å². The molecule has 0 unspecified atom stereocenters. The van der Waals surface area contributed by atoms with E-state index in [0.717, 1.165) is 11.3 Å². The highest BCUT2D eigenvalue weighted by Gasteiger charge is 2.11. The lowest BCUT2D eigenvalue weighted by Gasteiger charge is -1.98. The van der Waals surface area contributed by atoms with Crippen molar-refractivity contribution >= 4 is 28.8 Å². The number of halogens is 1. The summed E-state index contributed by atoms with van der Waals surface area (Å²) in [6, 6.07) is 0. The average molecular weight is 260 g/mol. The molecule has 7 nitrogen and oxygen atoms in total. The summed E-state index contributed by atoms with van der Waals surface area (Å²) in [6.45, 7) is 0.398. The average Bonchev–Trinajstić information content (AvgIpc) is 2.89. The number of rotatable bonds is 4. The monoisotopic (exact) mass is 259 g/mol. The highest BCUT2D eigenvalue weighted by molar-refractivity contribution is 7.17. The Balaban J connectivity index is 1.80. The lowest BCUT2D eigenvalue weighted by molar-refractivity contribution is 0.0953. The summed E-state index contributed by atoms with van der Waals surface area (Å²) in [7, 11) is 0. The van der Waals surface area contributed by atoms with Gasteiger partial charge in [-0.15, -0.1) is 10.2 Å². The van der Waals surface area contributed by atoms with Crippen molar-refractivity contribution < 1.29 is 9.32 Å². The van der Waals surface area contributed by atoms with Crippen molar-refractivity contribution in [3.05, 3.63) is 21.7 Å². The number of hydrogen-bond acceptors (Lipinski definition) is 7. The zero-order chi connectivity index (χ0) is 11.4. The van der Waals surface area contributed by atoms with Gasteiger partial charge in [0.05, 0.1) is 0 Å². The Morgan fingerprint density at radius 1 is 1.56 bits per heavy atom. The zero-order valence-electron chi connectivity index (χ0n) is 7.88. The Hall–Kier alpha value is -1.54. The van der Waals surface area contributed by atoms with Crippen LogP contribution < -0.4 is 5.32 Å². The van der Waals surface area contributed by atoms with Crippen molar-refractivity contribution in [3.63, 3.8) is 0 Å². The maximum absolute atomic E-state index is 11.5. The van der Waals surface area contributed by atoms with Crippen molar-refractivity contribution in [2.45, 2.75) is 6.42 Å². The fourth-order valence-corrected chi connectivity index (χ4v) is 1.71. The molecule has 0 aliphatic carbocycles. The molecular formula is C7H6ClN5O2S. The molecule has 2 aromatic heterocycles. The number of amides is 1. The molecule has 16 heavy (non-hydrogen) atoms. The second kappa shape index (κ2) is 4.99. The predicted molar refractivity (Wildman–Crippen MR) is 55.3 cm³/mol. The lowest BCUT2D eigenvalue weighted by atomic mass is 10.4. The van der Waals surface area contributed by atoms with Crippen LogP contribution >= 0.6 is 22.9 Å². The van der Waals surface area contributed by atoms with Gasteiger partial charge in [0.2, 0.25) is 15.9 Å². The van der Waals surface area contributed by atoms with Gasteiger partial charge in [0.1, 0.15) is 0 Å². The first-order valence-corrected chi connectivity index (χ1v) is 5.47. The molecule has 0 fully saturated rings. The smallest absolute Gasteiger partial charge is 0.282 e. The van der Waals surface area contributed by atoms with Crippen molar-refractivity contribution in [3.8, 4) is 0 Å². The van der Waals surface area contributed by atoms with Crippen LogP contribution in [0.25, 0.3) is 0 Å². The molecule has 0 aliphatic heterocycles. The third-order valence-corrected chi connectivity index (χ3v) is 2.65. The second-order valence-electron chi connectivity index (χ2n) is 2.71. The van der Waals surface area contributed by atoms with E-state index in [2.05, 4.69) is 30.2 Å². The number of aromatic nitrogens is 4. The standard InChI is InChI=1S/C7H6ClN5O2S/c8-7-12-11-6(16-7)5(14)9-2-1-4-10-3-15-13-4/h3H,1-2H2,(H,9,14). The van der Waals surface area contributed by atoms with Crippen molar-refractivity contribution in [1.82, 2.24) is 25.7 Å². The predicted octanol–water partition coefficient (Wildman–Crippen LogP) is 0.547. The van der Waals surface area contributed by atoms with Gasteiger partial charge < -0.3 is 9.84 Å². The summed E-state index contributed by atoms with van der Waals surface area (Å²) in [5, 5.41) is 13.6. The Kier molecular flexibility index (Phi) is 3.42. The summed E-state index contributed by atoms with van der Waals surface area (Å²) in [5.74, 6) is 0.225. The van der Waals surface area contributed by atoms with Crippen LogP contribution in [0.1, 0.15) is 15.6 Å². The van der Waals surface area contributed by atoms with E-state index < -0.39 is 0 Å². The summed E-state index contributed by atoms with van der Waals surface area (Å²) in [5.41, 5.74) is 0. The molecule has 0 bridgehead atoms. The summed E-state index contributed by atoms with van der Waals surface area (Å²) in [6.07, 6.45) is 1.73. The number of hydrogen-bond donors (Lipinski definition) is 1. The molecule has 0 aromatic carbocycles. The molecule has 2 heterocycles. The number of nitrogens with one attached hydrogen (secondary N) is 1. The van der Waals surface area contributed by atoms with E-state index >= 15 is 0 Å². The largest absolute Gasteiger partial charge is 0.349 e. The Morgan fingerprint density at radius 2 is 2.44 bits per heavy atom. The van der Waals surface area contributed by atoms with Crippen LogP contribution in [0.5, 0.6) is 0 Å². The van der Waals surface area contributed by atoms with Crippen molar-refractivity contribution in [2.75, 3.05) is 6.54 Å². The summed E-state index contributed by atoms with van der Waals surface area (Å²) >= 11 is 6.58. The Bertz CT molecular complexity index is 471. The summed E-state index contributed by atoms with van der Waals surface area (Å²) in [4.78, 5) is 15.3. The third-order valence-electron chi connectivity index (χ3n) is 1.64. The minimum atomic E-state index is -0.312. The maximum Gasteiger partial charge on any atom is 0.282 e. The van der Waals surface area contributed by atoms with Crippen LogP contribution in [-0.2, 0) is 6.42 Å². The van der Waals surface area contributed by atoms with Gasteiger partial charge in [-0.2, -0.15) is 4.98 Å². The van der Waals surface area contributed by atoms with Crippen LogP contribution in [0.2, 0.25) is 4.47 Å². The topological polar surface area (TPSA) is 93.8 Å². The van der Waals surface area contributed by atoms with Crippen molar-refractivity contribution in [2.24, 2.45) is 0 Å². The Morgan fingerprint density at radius 3 is 3.06 bits per heavy atom. The maximum atomic E-state index is 11.5. The molecule has 9 heteroatoms. The third kappa shape index (κ3) is 2.74. The van der Waals surface area contributed by atoms with E-state index in [0.29, 0.717) is 18.8 Å². The number of carbonyl (C=O) groups is 1. The Labute approximate surface area is 98.8 Å². The normalized spacial score (nSPS) is 10.3. The van der Waals surface area contributed by atoms with Gasteiger partial charge in [0.15, 0.2) is 5.82 Å². The molecule has 2 aromatic rings. The van der Waals surface area contributed by atoms with Crippen LogP contribution in [0.15, 0.2) is 10.9 Å². The van der Waals surface area contributed by atoms with Crippen LogP contribution in [0.4, 0.5) is 0 Å². The molecule has 0 saturated heterocycles. The molecular weight excluding hydrogens is 254 g/mol. The van der Waals surface area contributed by atoms with Crippen LogP contribution in [-0.4, -0.2) is 32.8 Å². The van der Waals surface area contributed by atoms with Gasteiger partial charge >= 0.3 is 0 Å². The number of carbonyl (C=O) groups excluding carboxylic acids is 1. The van der Waals surface area contributed by atoms with E-state index in [1.165, 1.54) is 6.39 Å². The van der Waals surface area contributed by atoms with Crippen molar-refractivity contribution in [1.29, 1.82) is 0 Å². The fraction of sp³-hybridized carbons (Fsp3) is 0.286. The highest BCUT2D eigenvalue weighted by Crippen LogP contribution is 2.14. The zero-order valence-corrected chi connectivity index (χ0v) is 9.46. The number of nitrogens with zero attached hydrogens (tertiary/aromatic N) is 4. The van der Waals surface area contributed by atoms with Crippen LogP contribution in [0, 0.1) is 0 Å². The first-order valence-electron chi connectivity index (χ1n) is 4.28. The highest BCUT2D eigenvalue weighted by atomic mass is 35.5. The van der Waals surface area contributed by atoms with Crippen LogP contribution in [0.3, 0.4) is 0 Å². The SMILES string of the molecule is O=C(NCCc1ncon1)c1nnc(Cl)s1. The molecule has 0 aliphatic rings. The van der Waals surface area contributed by atoms with E-state index in [-0.39, 0.29) is 15.4 Å². The fourth-order valence-electron chi connectivity index (χ4n) is 0.963. The first-order chi connectivity index (χ1) is 7.75. The van der Waals surface area contributed by atoms with E-state index in [4.69, 9.17) is 11.6 Å². The van der Waals surface area contributed by atoms with E-state index in [1.54, 1.807) is 0 Å². The molecule has 0 radical (unpaired) electrons. The molecule has 0 atom stereocenters. The van der Waals surface area contributed by atoms with Gasteiger partial charge in [-0.25, -0.2) is 0 Å². The lowest BCUT2D eigenvalue weighted by Crippen LogP contribution is -2.25. The quantitative estimate of drug-likeness (QED) is 0.862. The van der Waals surface area contributed by atoms with Gasteiger partial charge in [-0.3, -0.25) is 4.79 Å². The molecule has 1 amide bonds.